The van der Waals surface area contributed by atoms with Crippen molar-refractivity contribution >= 4 is 6.29 Å². The number of rotatable bonds is 4. The molecule has 13 heavy (non-hydrogen) atoms. The van der Waals surface area contributed by atoms with Crippen molar-refractivity contribution in [2.75, 3.05) is 13.7 Å². The molecule has 2 nitrogen and oxygen atoms in total. The van der Waals surface area contributed by atoms with Gasteiger partial charge in [-0.1, -0.05) is 19.8 Å². The van der Waals surface area contributed by atoms with Crippen molar-refractivity contribution in [1.29, 1.82) is 0 Å². The van der Waals surface area contributed by atoms with Crippen LogP contribution in [0.5, 0.6) is 0 Å². The minimum absolute atomic E-state index is 0.0751. The minimum atomic E-state index is -0.0751. The summed E-state index contributed by atoms with van der Waals surface area (Å²) < 4.78 is 5.06. The standard InChI is InChI=1S/C11H20O2/c1-10-5-3-4-6-11(10,9-12)7-8-13-2/h9-10H,3-8H2,1-2H3. The van der Waals surface area contributed by atoms with Gasteiger partial charge in [0.1, 0.15) is 6.29 Å². The molecule has 0 radical (unpaired) electrons. The van der Waals surface area contributed by atoms with Crippen molar-refractivity contribution in [2.24, 2.45) is 11.3 Å². The van der Waals surface area contributed by atoms with E-state index in [9.17, 15) is 4.79 Å². The molecule has 0 saturated heterocycles. The largest absolute Gasteiger partial charge is 0.385 e. The van der Waals surface area contributed by atoms with Crippen LogP contribution in [0.15, 0.2) is 0 Å². The Labute approximate surface area is 80.7 Å². The van der Waals surface area contributed by atoms with Crippen molar-refractivity contribution in [3.05, 3.63) is 0 Å². The van der Waals surface area contributed by atoms with Gasteiger partial charge in [-0.3, -0.25) is 0 Å². The monoisotopic (exact) mass is 184 g/mol. The first-order valence-corrected chi connectivity index (χ1v) is 5.20. The van der Waals surface area contributed by atoms with Crippen LogP contribution in [-0.2, 0) is 9.53 Å². The first kappa shape index (κ1) is 10.7. The fourth-order valence-corrected chi connectivity index (χ4v) is 2.34. The second kappa shape index (κ2) is 4.75. The van der Waals surface area contributed by atoms with E-state index in [0.717, 1.165) is 12.8 Å². The second-order valence-electron chi connectivity index (χ2n) is 4.24. The molecule has 0 spiro atoms. The molecule has 0 aromatic carbocycles. The Kier molecular flexibility index (Phi) is 3.91. The molecule has 0 N–H and O–H groups in total. The zero-order valence-electron chi connectivity index (χ0n) is 8.71. The van der Waals surface area contributed by atoms with Crippen LogP contribution < -0.4 is 0 Å². The van der Waals surface area contributed by atoms with Gasteiger partial charge in [0, 0.05) is 19.1 Å². The third-order valence-electron chi connectivity index (χ3n) is 3.52. The van der Waals surface area contributed by atoms with E-state index >= 15 is 0 Å². The molecule has 1 saturated carbocycles. The number of carbonyl (C=O) groups is 1. The molecule has 2 unspecified atom stereocenters. The lowest BCUT2D eigenvalue weighted by molar-refractivity contribution is -0.122. The number of aldehydes is 1. The summed E-state index contributed by atoms with van der Waals surface area (Å²) in [4.78, 5) is 11.1. The highest BCUT2D eigenvalue weighted by Crippen LogP contribution is 2.41. The highest BCUT2D eigenvalue weighted by atomic mass is 16.5. The lowest BCUT2D eigenvalue weighted by Gasteiger charge is -2.38. The second-order valence-corrected chi connectivity index (χ2v) is 4.24. The molecule has 0 aliphatic heterocycles. The summed E-state index contributed by atoms with van der Waals surface area (Å²) in [7, 11) is 1.70. The van der Waals surface area contributed by atoms with E-state index in [-0.39, 0.29) is 5.41 Å². The number of hydrogen-bond donors (Lipinski definition) is 0. The summed E-state index contributed by atoms with van der Waals surface area (Å²) in [5, 5.41) is 0. The molecule has 0 heterocycles. The third kappa shape index (κ3) is 2.31. The molecule has 1 aliphatic carbocycles. The first-order chi connectivity index (χ1) is 6.25. The van der Waals surface area contributed by atoms with Crippen LogP contribution in [0.4, 0.5) is 0 Å². The number of carbonyl (C=O) groups excluding carboxylic acids is 1. The predicted molar refractivity (Wildman–Crippen MR) is 52.6 cm³/mol. The first-order valence-electron chi connectivity index (χ1n) is 5.20. The molecular weight excluding hydrogens is 164 g/mol. The fraction of sp³-hybridized carbons (Fsp3) is 0.909. The van der Waals surface area contributed by atoms with E-state index in [1.807, 2.05) is 0 Å². The van der Waals surface area contributed by atoms with E-state index in [2.05, 4.69) is 6.92 Å². The Bertz CT molecular complexity index is 167. The number of hydrogen-bond acceptors (Lipinski definition) is 2. The maximum Gasteiger partial charge on any atom is 0.126 e. The molecule has 0 bridgehead atoms. The van der Waals surface area contributed by atoms with Gasteiger partial charge in [-0.25, -0.2) is 0 Å². The molecule has 1 aliphatic rings. The van der Waals surface area contributed by atoms with Crippen molar-refractivity contribution in [1.82, 2.24) is 0 Å². The van der Waals surface area contributed by atoms with Gasteiger partial charge in [0.05, 0.1) is 0 Å². The Hall–Kier alpha value is -0.370. The SMILES string of the molecule is COCCC1(C=O)CCCCC1C. The van der Waals surface area contributed by atoms with Crippen molar-refractivity contribution < 1.29 is 9.53 Å². The minimum Gasteiger partial charge on any atom is -0.385 e. The van der Waals surface area contributed by atoms with Crippen LogP contribution in [-0.4, -0.2) is 20.0 Å². The maximum absolute atomic E-state index is 11.1. The van der Waals surface area contributed by atoms with E-state index in [4.69, 9.17) is 4.74 Å². The van der Waals surface area contributed by atoms with Gasteiger partial charge in [0.15, 0.2) is 0 Å². The van der Waals surface area contributed by atoms with Crippen LogP contribution >= 0.6 is 0 Å². The molecule has 76 valence electrons. The lowest BCUT2D eigenvalue weighted by atomic mass is 9.66. The summed E-state index contributed by atoms with van der Waals surface area (Å²) >= 11 is 0. The fourth-order valence-electron chi connectivity index (χ4n) is 2.34. The number of methoxy groups -OCH3 is 1. The maximum atomic E-state index is 11.1. The van der Waals surface area contributed by atoms with Gasteiger partial charge in [-0.15, -0.1) is 0 Å². The van der Waals surface area contributed by atoms with Gasteiger partial charge in [-0.2, -0.15) is 0 Å². The third-order valence-corrected chi connectivity index (χ3v) is 3.52. The summed E-state index contributed by atoms with van der Waals surface area (Å²) in [5.74, 6) is 0.536. The van der Waals surface area contributed by atoms with Crippen molar-refractivity contribution in [2.45, 2.75) is 39.0 Å². The molecule has 0 aromatic rings. The summed E-state index contributed by atoms with van der Waals surface area (Å²) in [6.45, 7) is 2.91. The summed E-state index contributed by atoms with van der Waals surface area (Å²) in [6.07, 6.45) is 6.81. The zero-order chi connectivity index (χ0) is 9.73. The Morgan fingerprint density at radius 2 is 2.31 bits per heavy atom. The average Bonchev–Trinajstić information content (AvgIpc) is 2.17. The highest BCUT2D eigenvalue weighted by molar-refractivity contribution is 5.60. The van der Waals surface area contributed by atoms with E-state index in [1.165, 1.54) is 25.5 Å². The molecule has 1 rings (SSSR count). The lowest BCUT2D eigenvalue weighted by Crippen LogP contribution is -2.34. The van der Waals surface area contributed by atoms with Crippen LogP contribution in [0, 0.1) is 11.3 Å². The predicted octanol–water partition coefficient (Wildman–Crippen LogP) is 2.42. The highest BCUT2D eigenvalue weighted by Gasteiger charge is 2.37. The molecule has 1 fully saturated rings. The van der Waals surface area contributed by atoms with Gasteiger partial charge in [-0.05, 0) is 25.2 Å². The summed E-state index contributed by atoms with van der Waals surface area (Å²) in [5.41, 5.74) is -0.0751. The zero-order valence-corrected chi connectivity index (χ0v) is 8.71. The van der Waals surface area contributed by atoms with Gasteiger partial charge in [0.2, 0.25) is 0 Å². The van der Waals surface area contributed by atoms with E-state index in [0.29, 0.717) is 12.5 Å². The van der Waals surface area contributed by atoms with E-state index in [1.54, 1.807) is 7.11 Å². The Balaban J connectivity index is 2.58. The molecule has 2 atom stereocenters. The normalized spacial score (nSPS) is 34.5. The molecule has 0 amide bonds. The average molecular weight is 184 g/mol. The van der Waals surface area contributed by atoms with E-state index < -0.39 is 0 Å². The number of ether oxygens (including phenoxy) is 1. The Morgan fingerprint density at radius 3 is 2.85 bits per heavy atom. The molecular formula is C11H20O2. The van der Waals surface area contributed by atoms with Gasteiger partial charge < -0.3 is 9.53 Å². The molecule has 2 heteroatoms. The van der Waals surface area contributed by atoms with Crippen LogP contribution in [0.2, 0.25) is 0 Å². The van der Waals surface area contributed by atoms with Gasteiger partial charge in [0.25, 0.3) is 0 Å². The topological polar surface area (TPSA) is 26.3 Å². The quantitative estimate of drug-likeness (QED) is 0.627. The smallest absolute Gasteiger partial charge is 0.126 e. The summed E-state index contributed by atoms with van der Waals surface area (Å²) in [6, 6.07) is 0. The van der Waals surface area contributed by atoms with Crippen molar-refractivity contribution in [3.8, 4) is 0 Å². The van der Waals surface area contributed by atoms with Crippen LogP contribution in [0.1, 0.15) is 39.0 Å². The van der Waals surface area contributed by atoms with Crippen LogP contribution in [0.3, 0.4) is 0 Å². The molecule has 0 aromatic heterocycles. The van der Waals surface area contributed by atoms with Gasteiger partial charge >= 0.3 is 0 Å². The van der Waals surface area contributed by atoms with Crippen LogP contribution in [0.25, 0.3) is 0 Å². The van der Waals surface area contributed by atoms with Crippen molar-refractivity contribution in [3.63, 3.8) is 0 Å². The Morgan fingerprint density at radius 1 is 1.54 bits per heavy atom.